The molecule has 0 atom stereocenters. The van der Waals surface area contributed by atoms with Crippen LogP contribution in [0.15, 0.2) is 194 Å². The zero-order valence-electron chi connectivity index (χ0n) is 37.8. The highest BCUT2D eigenvalue weighted by Crippen LogP contribution is 2.42. The van der Waals surface area contributed by atoms with E-state index in [9.17, 15) is 0 Å². The molecular formula is C60H52N2S4. The van der Waals surface area contributed by atoms with E-state index in [1.165, 1.54) is 72.4 Å². The molecule has 326 valence electrons. The Morgan fingerprint density at radius 3 is 0.576 bits per heavy atom. The zero-order chi connectivity index (χ0) is 45.0. The van der Waals surface area contributed by atoms with Crippen molar-refractivity contribution >= 4 is 79.5 Å². The van der Waals surface area contributed by atoms with Gasteiger partial charge in [0.25, 0.3) is 0 Å². The lowest BCUT2D eigenvalue weighted by atomic mass is 10.0. The Kier molecular flexibility index (Phi) is 13.0. The predicted molar refractivity (Wildman–Crippen MR) is 292 cm³/mol. The minimum absolute atomic E-state index is 1.06. The average molecular weight is 929 g/mol. The molecule has 0 aliphatic heterocycles. The molecule has 10 aromatic rings. The third-order valence-corrected chi connectivity index (χ3v) is 17.4. The highest BCUT2D eigenvalue weighted by Gasteiger charge is 2.17. The van der Waals surface area contributed by atoms with Crippen LogP contribution >= 0.6 is 45.3 Å². The Bertz CT molecular complexity index is 2760. The molecule has 2 nitrogen and oxygen atoms in total. The van der Waals surface area contributed by atoms with Gasteiger partial charge in [0.05, 0.1) is 0 Å². The van der Waals surface area contributed by atoms with Gasteiger partial charge in [-0.3, -0.25) is 0 Å². The topological polar surface area (TPSA) is 6.48 Å². The van der Waals surface area contributed by atoms with Crippen LogP contribution in [0.4, 0.5) is 34.1 Å². The fourth-order valence-electron chi connectivity index (χ4n) is 8.49. The monoisotopic (exact) mass is 928 g/mol. The van der Waals surface area contributed by atoms with Gasteiger partial charge in [-0.2, -0.15) is 0 Å². The van der Waals surface area contributed by atoms with Gasteiger partial charge in [0, 0.05) is 73.1 Å². The second kappa shape index (κ2) is 19.7. The summed E-state index contributed by atoms with van der Waals surface area (Å²) in [4.78, 5) is 15.6. The number of aryl methyl sites for hydroxylation is 4. The van der Waals surface area contributed by atoms with E-state index in [-0.39, 0.29) is 0 Å². The Balaban J connectivity index is 0.953. The maximum absolute atomic E-state index is 2.37. The molecule has 0 bridgehead atoms. The zero-order valence-corrected chi connectivity index (χ0v) is 41.1. The third-order valence-electron chi connectivity index (χ3n) is 12.3. The number of nitrogens with zero attached hydrogens (tertiary/aromatic N) is 2. The molecule has 0 saturated heterocycles. The van der Waals surface area contributed by atoms with Crippen molar-refractivity contribution < 1.29 is 0 Å². The molecule has 0 N–H and O–H groups in total. The summed E-state index contributed by atoms with van der Waals surface area (Å²) in [5, 5.41) is 0. The number of anilines is 6. The van der Waals surface area contributed by atoms with Crippen molar-refractivity contribution in [3.05, 3.63) is 214 Å². The Labute approximate surface area is 406 Å². The van der Waals surface area contributed by atoms with E-state index < -0.39 is 0 Å². The van der Waals surface area contributed by atoms with E-state index in [0.29, 0.717) is 0 Å². The van der Waals surface area contributed by atoms with E-state index in [2.05, 4.69) is 232 Å². The molecule has 4 heterocycles. The van der Waals surface area contributed by atoms with Gasteiger partial charge in [0.15, 0.2) is 0 Å². The van der Waals surface area contributed by atoms with E-state index in [4.69, 9.17) is 0 Å². The Hall–Kier alpha value is -6.28. The molecule has 10 rings (SSSR count). The van der Waals surface area contributed by atoms with E-state index in [0.717, 1.165) is 59.8 Å². The molecule has 66 heavy (non-hydrogen) atoms. The van der Waals surface area contributed by atoms with Gasteiger partial charge in [-0.05, 0) is 180 Å². The van der Waals surface area contributed by atoms with Gasteiger partial charge >= 0.3 is 0 Å². The van der Waals surface area contributed by atoms with Crippen molar-refractivity contribution in [2.24, 2.45) is 0 Å². The van der Waals surface area contributed by atoms with Crippen LogP contribution in [0.1, 0.15) is 47.2 Å². The number of benzene rings is 6. The second-order valence-corrected chi connectivity index (χ2v) is 21.1. The summed E-state index contributed by atoms with van der Waals surface area (Å²) >= 11 is 7.53. The number of rotatable bonds is 15. The van der Waals surface area contributed by atoms with Gasteiger partial charge in [0.2, 0.25) is 0 Å². The maximum Gasteiger partial charge on any atom is 0.0462 e. The van der Waals surface area contributed by atoms with E-state index in [1.54, 1.807) is 0 Å². The smallest absolute Gasteiger partial charge is 0.0462 e. The first-order valence-electron chi connectivity index (χ1n) is 23.0. The minimum atomic E-state index is 1.06. The molecular weight excluding hydrogens is 877 g/mol. The molecule has 4 aromatic heterocycles. The molecule has 0 amide bonds. The standard InChI is InChI=1S/C60H52N2S4/c1-5-53-33-37-57(63-53)43-13-25-49(26-14-43)61(50-27-15-44(16-28-50)58-38-34-54(6-2)64-58)47-21-9-41(10-22-47)42-11-23-48(24-12-42)62(51-29-17-45(18-30-51)59-39-35-55(7-3)65-59)52-31-19-46(20-32-52)60-40-36-56(8-4)66-60/h9-40H,5-8H2,1-4H3. The SMILES string of the molecule is CCc1ccc(-c2ccc(N(c3ccc(-c4ccc(N(c5ccc(-c6ccc(CC)s6)cc5)c5ccc(-c6ccc(CC)s6)cc5)cc4)cc3)c3ccc(-c4ccc(CC)s4)cc3)cc2)s1. The summed E-state index contributed by atoms with van der Waals surface area (Å²) in [6.45, 7) is 8.89. The first-order chi connectivity index (χ1) is 32.5. The van der Waals surface area contributed by atoms with Crippen molar-refractivity contribution in [3.63, 3.8) is 0 Å². The van der Waals surface area contributed by atoms with Gasteiger partial charge < -0.3 is 9.80 Å². The molecule has 6 heteroatoms. The Morgan fingerprint density at radius 1 is 0.227 bits per heavy atom. The van der Waals surface area contributed by atoms with Crippen LogP contribution in [0.5, 0.6) is 0 Å². The summed E-state index contributed by atoms with van der Waals surface area (Å²) in [6, 6.07) is 72.3. The number of thiophene rings is 4. The van der Waals surface area contributed by atoms with Crippen LogP contribution in [-0.2, 0) is 25.7 Å². The summed E-state index contributed by atoms with van der Waals surface area (Å²) in [6.07, 6.45) is 4.25. The largest absolute Gasteiger partial charge is 0.311 e. The maximum atomic E-state index is 2.37. The fraction of sp³-hybridized carbons (Fsp3) is 0.133. The summed E-state index contributed by atoms with van der Waals surface area (Å²) in [7, 11) is 0. The number of hydrogen-bond acceptors (Lipinski definition) is 6. The summed E-state index contributed by atoms with van der Waals surface area (Å²) in [5.74, 6) is 0. The lowest BCUT2D eigenvalue weighted by Gasteiger charge is -2.26. The molecule has 0 spiro atoms. The van der Waals surface area contributed by atoms with Gasteiger partial charge in [-0.15, -0.1) is 45.3 Å². The predicted octanol–water partition coefficient (Wildman–Crippen LogP) is 19.5. The lowest BCUT2D eigenvalue weighted by molar-refractivity contribution is 1.19. The van der Waals surface area contributed by atoms with Crippen LogP contribution < -0.4 is 9.80 Å². The second-order valence-electron chi connectivity index (χ2n) is 16.4. The van der Waals surface area contributed by atoms with Crippen molar-refractivity contribution in [3.8, 4) is 52.9 Å². The minimum Gasteiger partial charge on any atom is -0.311 e. The summed E-state index contributed by atoms with van der Waals surface area (Å²) < 4.78 is 0. The number of hydrogen-bond donors (Lipinski definition) is 0. The van der Waals surface area contributed by atoms with Gasteiger partial charge in [-0.25, -0.2) is 0 Å². The quantitative estimate of drug-likeness (QED) is 0.101. The molecule has 0 saturated carbocycles. The highest BCUT2D eigenvalue weighted by atomic mass is 32.1. The van der Waals surface area contributed by atoms with Gasteiger partial charge in [0.1, 0.15) is 0 Å². The van der Waals surface area contributed by atoms with E-state index in [1.807, 2.05) is 45.3 Å². The molecule has 0 unspecified atom stereocenters. The van der Waals surface area contributed by atoms with E-state index >= 15 is 0 Å². The van der Waals surface area contributed by atoms with Crippen LogP contribution in [0.25, 0.3) is 52.9 Å². The lowest BCUT2D eigenvalue weighted by Crippen LogP contribution is -2.10. The van der Waals surface area contributed by atoms with Crippen molar-refractivity contribution in [1.29, 1.82) is 0 Å². The fourth-order valence-corrected chi connectivity index (χ4v) is 12.3. The third kappa shape index (κ3) is 9.25. The first kappa shape index (κ1) is 43.6. The average Bonchev–Trinajstić information content (AvgIpc) is 4.24. The van der Waals surface area contributed by atoms with Gasteiger partial charge in [-0.1, -0.05) is 100 Å². The Morgan fingerprint density at radius 2 is 0.409 bits per heavy atom. The van der Waals surface area contributed by atoms with Crippen LogP contribution in [0, 0.1) is 0 Å². The van der Waals surface area contributed by atoms with Crippen LogP contribution in [-0.4, -0.2) is 0 Å². The van der Waals surface area contributed by atoms with Crippen molar-refractivity contribution in [1.82, 2.24) is 0 Å². The molecule has 6 aromatic carbocycles. The molecule has 0 aliphatic carbocycles. The molecule has 0 radical (unpaired) electrons. The van der Waals surface area contributed by atoms with Crippen LogP contribution in [0.3, 0.4) is 0 Å². The van der Waals surface area contributed by atoms with Crippen molar-refractivity contribution in [2.75, 3.05) is 9.80 Å². The van der Waals surface area contributed by atoms with Crippen LogP contribution in [0.2, 0.25) is 0 Å². The van der Waals surface area contributed by atoms with Crippen molar-refractivity contribution in [2.45, 2.75) is 53.4 Å². The molecule has 0 fully saturated rings. The normalized spacial score (nSPS) is 11.3. The molecule has 0 aliphatic rings. The first-order valence-corrected chi connectivity index (χ1v) is 26.3. The highest BCUT2D eigenvalue weighted by molar-refractivity contribution is 7.16. The summed E-state index contributed by atoms with van der Waals surface area (Å²) in [5.41, 5.74) is 14.1.